The van der Waals surface area contributed by atoms with E-state index >= 15 is 0 Å². The molecule has 0 saturated carbocycles. The second-order valence-corrected chi connectivity index (χ2v) is 3.27. The van der Waals surface area contributed by atoms with Gasteiger partial charge in [0.15, 0.2) is 0 Å². The molecular formula is C11H25NO2. The van der Waals surface area contributed by atoms with Crippen LogP contribution in [-0.2, 0) is 9.47 Å². The molecule has 0 amide bonds. The van der Waals surface area contributed by atoms with Gasteiger partial charge in [0.2, 0.25) is 0 Å². The van der Waals surface area contributed by atoms with E-state index in [0.717, 1.165) is 45.9 Å². The lowest BCUT2D eigenvalue weighted by Gasteiger charge is -2.05. The van der Waals surface area contributed by atoms with Crippen LogP contribution in [0, 0.1) is 0 Å². The summed E-state index contributed by atoms with van der Waals surface area (Å²) in [6, 6.07) is 0. The van der Waals surface area contributed by atoms with Crippen molar-refractivity contribution in [1.29, 1.82) is 0 Å². The Morgan fingerprint density at radius 2 is 1.64 bits per heavy atom. The number of nitrogens with one attached hydrogen (secondary N) is 1. The predicted octanol–water partition coefficient (Wildman–Crippen LogP) is 1.82. The Hall–Kier alpha value is -0.120. The van der Waals surface area contributed by atoms with E-state index in [1.54, 1.807) is 0 Å². The van der Waals surface area contributed by atoms with Gasteiger partial charge >= 0.3 is 0 Å². The SMILES string of the molecule is CCCCOCCNCCCOCC. The zero-order valence-corrected chi connectivity index (χ0v) is 9.68. The molecule has 3 heteroatoms. The monoisotopic (exact) mass is 203 g/mol. The minimum absolute atomic E-state index is 0.820. The van der Waals surface area contributed by atoms with Crippen molar-refractivity contribution in [3.8, 4) is 0 Å². The van der Waals surface area contributed by atoms with Crippen molar-refractivity contribution in [3.63, 3.8) is 0 Å². The van der Waals surface area contributed by atoms with E-state index in [2.05, 4.69) is 12.2 Å². The van der Waals surface area contributed by atoms with Gasteiger partial charge in [-0.25, -0.2) is 0 Å². The van der Waals surface area contributed by atoms with E-state index < -0.39 is 0 Å². The van der Waals surface area contributed by atoms with Crippen LogP contribution in [0.1, 0.15) is 33.1 Å². The molecule has 0 heterocycles. The number of hydrogen-bond donors (Lipinski definition) is 1. The third kappa shape index (κ3) is 11.9. The average Bonchev–Trinajstić information content (AvgIpc) is 2.21. The first-order valence-corrected chi connectivity index (χ1v) is 5.78. The number of hydrogen-bond acceptors (Lipinski definition) is 3. The quantitative estimate of drug-likeness (QED) is 0.520. The van der Waals surface area contributed by atoms with Gasteiger partial charge in [0.25, 0.3) is 0 Å². The Bertz CT molecular complexity index is 87.3. The first-order valence-electron chi connectivity index (χ1n) is 5.78. The highest BCUT2D eigenvalue weighted by Crippen LogP contribution is 1.86. The highest BCUT2D eigenvalue weighted by molar-refractivity contribution is 4.46. The number of unbranched alkanes of at least 4 members (excludes halogenated alkanes) is 1. The van der Waals surface area contributed by atoms with E-state index in [4.69, 9.17) is 9.47 Å². The molecule has 1 N–H and O–H groups in total. The van der Waals surface area contributed by atoms with Gasteiger partial charge in [-0.1, -0.05) is 13.3 Å². The van der Waals surface area contributed by atoms with Crippen LogP contribution >= 0.6 is 0 Å². The molecule has 0 aromatic carbocycles. The maximum Gasteiger partial charge on any atom is 0.0590 e. The van der Waals surface area contributed by atoms with E-state index in [1.807, 2.05) is 6.92 Å². The fourth-order valence-corrected chi connectivity index (χ4v) is 1.06. The first kappa shape index (κ1) is 13.9. The van der Waals surface area contributed by atoms with Gasteiger partial charge in [-0.15, -0.1) is 0 Å². The van der Waals surface area contributed by atoms with Crippen molar-refractivity contribution in [3.05, 3.63) is 0 Å². The molecular weight excluding hydrogens is 178 g/mol. The normalized spacial score (nSPS) is 10.7. The Morgan fingerprint density at radius 3 is 2.36 bits per heavy atom. The Kier molecular flexibility index (Phi) is 12.8. The first-order chi connectivity index (χ1) is 6.91. The predicted molar refractivity (Wildman–Crippen MR) is 59.7 cm³/mol. The van der Waals surface area contributed by atoms with Gasteiger partial charge in [-0.05, 0) is 26.3 Å². The fraction of sp³-hybridized carbons (Fsp3) is 1.00. The molecule has 0 radical (unpaired) electrons. The summed E-state index contributed by atoms with van der Waals surface area (Å²) in [4.78, 5) is 0. The number of ether oxygens (including phenoxy) is 2. The summed E-state index contributed by atoms with van der Waals surface area (Å²) in [6.45, 7) is 9.59. The smallest absolute Gasteiger partial charge is 0.0590 e. The summed E-state index contributed by atoms with van der Waals surface area (Å²) in [7, 11) is 0. The Balaban J connectivity index is 2.78. The summed E-state index contributed by atoms with van der Waals surface area (Å²) >= 11 is 0. The lowest BCUT2D eigenvalue weighted by atomic mass is 10.4. The van der Waals surface area contributed by atoms with Crippen molar-refractivity contribution < 1.29 is 9.47 Å². The van der Waals surface area contributed by atoms with Crippen LogP contribution < -0.4 is 5.32 Å². The molecule has 0 spiro atoms. The van der Waals surface area contributed by atoms with Crippen molar-refractivity contribution in [2.75, 3.05) is 39.5 Å². The molecule has 0 fully saturated rings. The summed E-state index contributed by atoms with van der Waals surface area (Å²) in [5.41, 5.74) is 0. The minimum atomic E-state index is 0.820. The largest absolute Gasteiger partial charge is 0.382 e. The molecule has 0 atom stereocenters. The molecule has 86 valence electrons. The van der Waals surface area contributed by atoms with Crippen LogP contribution in [0.2, 0.25) is 0 Å². The van der Waals surface area contributed by atoms with E-state index in [1.165, 1.54) is 12.8 Å². The van der Waals surface area contributed by atoms with Crippen LogP contribution in [0.5, 0.6) is 0 Å². The summed E-state index contributed by atoms with van der Waals surface area (Å²) in [6.07, 6.45) is 3.47. The molecule has 0 unspecified atom stereocenters. The maximum absolute atomic E-state index is 5.41. The lowest BCUT2D eigenvalue weighted by Crippen LogP contribution is -2.22. The zero-order valence-electron chi connectivity index (χ0n) is 9.68. The Labute approximate surface area is 88.2 Å². The van der Waals surface area contributed by atoms with Crippen molar-refractivity contribution in [2.24, 2.45) is 0 Å². The van der Waals surface area contributed by atoms with E-state index in [-0.39, 0.29) is 0 Å². The molecule has 14 heavy (non-hydrogen) atoms. The van der Waals surface area contributed by atoms with Crippen LogP contribution in [0.4, 0.5) is 0 Å². The highest BCUT2D eigenvalue weighted by Gasteiger charge is 1.89. The molecule has 0 saturated heterocycles. The molecule has 0 bridgehead atoms. The molecule has 0 aliphatic carbocycles. The average molecular weight is 203 g/mol. The third-order valence-corrected chi connectivity index (χ3v) is 1.91. The van der Waals surface area contributed by atoms with Gasteiger partial charge in [-0.3, -0.25) is 0 Å². The van der Waals surface area contributed by atoms with Gasteiger partial charge in [0.1, 0.15) is 0 Å². The van der Waals surface area contributed by atoms with Crippen LogP contribution in [-0.4, -0.2) is 39.5 Å². The summed E-state index contributed by atoms with van der Waals surface area (Å²) in [5.74, 6) is 0. The maximum atomic E-state index is 5.41. The molecule has 0 rings (SSSR count). The topological polar surface area (TPSA) is 30.5 Å². The van der Waals surface area contributed by atoms with Gasteiger partial charge in [0.05, 0.1) is 6.61 Å². The van der Waals surface area contributed by atoms with Gasteiger partial charge in [-0.2, -0.15) is 0 Å². The van der Waals surface area contributed by atoms with Crippen molar-refractivity contribution in [2.45, 2.75) is 33.1 Å². The fourth-order valence-electron chi connectivity index (χ4n) is 1.06. The molecule has 0 aliphatic rings. The van der Waals surface area contributed by atoms with Crippen molar-refractivity contribution in [1.82, 2.24) is 5.32 Å². The second-order valence-electron chi connectivity index (χ2n) is 3.27. The summed E-state index contributed by atoms with van der Waals surface area (Å²) < 4.78 is 10.6. The second kappa shape index (κ2) is 12.9. The van der Waals surface area contributed by atoms with E-state index in [0.29, 0.717) is 0 Å². The molecule has 0 aromatic heterocycles. The highest BCUT2D eigenvalue weighted by atomic mass is 16.5. The standard InChI is InChI=1S/C11H25NO2/c1-3-5-9-14-11-8-12-7-6-10-13-4-2/h12H,3-11H2,1-2H3. The van der Waals surface area contributed by atoms with Crippen LogP contribution in [0.3, 0.4) is 0 Å². The molecule has 0 aromatic rings. The van der Waals surface area contributed by atoms with E-state index in [9.17, 15) is 0 Å². The van der Waals surface area contributed by atoms with Gasteiger partial charge < -0.3 is 14.8 Å². The minimum Gasteiger partial charge on any atom is -0.382 e. The molecule has 0 aliphatic heterocycles. The van der Waals surface area contributed by atoms with Crippen LogP contribution in [0.15, 0.2) is 0 Å². The lowest BCUT2D eigenvalue weighted by molar-refractivity contribution is 0.128. The van der Waals surface area contributed by atoms with Crippen molar-refractivity contribution >= 4 is 0 Å². The number of rotatable bonds is 11. The zero-order chi connectivity index (χ0) is 10.5. The third-order valence-electron chi connectivity index (χ3n) is 1.91. The van der Waals surface area contributed by atoms with Crippen LogP contribution in [0.25, 0.3) is 0 Å². The van der Waals surface area contributed by atoms with Gasteiger partial charge in [0, 0.05) is 26.4 Å². The molecule has 3 nitrogen and oxygen atoms in total. The Morgan fingerprint density at radius 1 is 0.857 bits per heavy atom. The summed E-state index contributed by atoms with van der Waals surface area (Å²) in [5, 5.41) is 3.32.